The van der Waals surface area contributed by atoms with Crippen molar-refractivity contribution in [1.29, 1.82) is 0 Å². The molecule has 0 bridgehead atoms. The average Bonchev–Trinajstić information content (AvgIpc) is 3.13. The smallest absolute Gasteiger partial charge is 0.226 e. The maximum atomic E-state index is 12.6. The molecule has 1 atom stereocenters. The summed E-state index contributed by atoms with van der Waals surface area (Å²) in [5, 5.41) is 3.41. The van der Waals surface area contributed by atoms with E-state index in [2.05, 4.69) is 10.2 Å². The van der Waals surface area contributed by atoms with Gasteiger partial charge in [0, 0.05) is 19.5 Å². The monoisotopic (exact) mass is 264 g/mol. The van der Waals surface area contributed by atoms with E-state index in [1.54, 1.807) is 0 Å². The highest BCUT2D eigenvalue weighted by molar-refractivity contribution is 5.82. The first-order valence-electron chi connectivity index (χ1n) is 8.17. The first-order valence-corrected chi connectivity index (χ1v) is 8.17. The quantitative estimate of drug-likeness (QED) is 0.849. The maximum absolute atomic E-state index is 12.6. The van der Waals surface area contributed by atoms with E-state index < -0.39 is 0 Å². The molecule has 1 spiro atoms. The van der Waals surface area contributed by atoms with E-state index in [1.807, 2.05) is 7.05 Å². The topological polar surface area (TPSA) is 32.3 Å². The molecule has 0 aromatic heterocycles. The lowest BCUT2D eigenvalue weighted by Gasteiger charge is -2.29. The number of piperidine rings is 1. The zero-order chi connectivity index (χ0) is 13.3. The zero-order valence-electron chi connectivity index (χ0n) is 12.3. The predicted molar refractivity (Wildman–Crippen MR) is 76.9 cm³/mol. The second-order valence-electron chi connectivity index (χ2n) is 7.09. The summed E-state index contributed by atoms with van der Waals surface area (Å²) in [4.78, 5) is 14.6. The molecule has 0 aromatic rings. The third kappa shape index (κ3) is 2.81. The van der Waals surface area contributed by atoms with Crippen LogP contribution in [-0.2, 0) is 4.79 Å². The molecule has 1 heterocycles. The SMILES string of the molecule is CN(CC1CCCCC1)C(=O)C1CC12CCNCC2. The molecule has 3 heteroatoms. The molecular formula is C16H28N2O. The van der Waals surface area contributed by atoms with Gasteiger partial charge in [0.15, 0.2) is 0 Å². The Labute approximate surface area is 117 Å². The Morgan fingerprint density at radius 1 is 1.21 bits per heavy atom. The molecule has 0 aromatic carbocycles. The molecule has 108 valence electrons. The molecule has 3 aliphatic rings. The largest absolute Gasteiger partial charge is 0.345 e. The Hall–Kier alpha value is -0.570. The summed E-state index contributed by atoms with van der Waals surface area (Å²) in [5.74, 6) is 1.56. The summed E-state index contributed by atoms with van der Waals surface area (Å²) >= 11 is 0. The van der Waals surface area contributed by atoms with Gasteiger partial charge in [-0.1, -0.05) is 19.3 Å². The van der Waals surface area contributed by atoms with Gasteiger partial charge < -0.3 is 10.2 Å². The molecule has 0 radical (unpaired) electrons. The molecule has 1 amide bonds. The molecule has 3 fully saturated rings. The zero-order valence-corrected chi connectivity index (χ0v) is 12.3. The van der Waals surface area contributed by atoms with E-state index in [-0.39, 0.29) is 0 Å². The van der Waals surface area contributed by atoms with Crippen molar-refractivity contribution in [3.8, 4) is 0 Å². The number of hydrogen-bond acceptors (Lipinski definition) is 2. The van der Waals surface area contributed by atoms with Crippen molar-refractivity contribution in [3.05, 3.63) is 0 Å². The van der Waals surface area contributed by atoms with Crippen LogP contribution >= 0.6 is 0 Å². The Bertz CT molecular complexity index is 330. The third-order valence-electron chi connectivity index (χ3n) is 5.72. The second-order valence-corrected chi connectivity index (χ2v) is 7.09. The van der Waals surface area contributed by atoms with Gasteiger partial charge in [-0.2, -0.15) is 0 Å². The Balaban J connectivity index is 1.50. The summed E-state index contributed by atoms with van der Waals surface area (Å²) in [6.45, 7) is 3.22. The van der Waals surface area contributed by atoms with Crippen LogP contribution in [0, 0.1) is 17.3 Å². The number of nitrogens with zero attached hydrogens (tertiary/aromatic N) is 1. The second kappa shape index (κ2) is 5.43. The summed E-state index contributed by atoms with van der Waals surface area (Å²) in [6.07, 6.45) is 10.4. The number of amides is 1. The van der Waals surface area contributed by atoms with Crippen molar-refractivity contribution >= 4 is 5.91 Å². The van der Waals surface area contributed by atoms with E-state index in [0.29, 0.717) is 17.2 Å². The number of rotatable bonds is 3. The molecule has 19 heavy (non-hydrogen) atoms. The standard InChI is InChI=1S/C16H28N2O/c1-18(12-13-5-3-2-4-6-13)15(19)14-11-16(14)7-9-17-10-8-16/h13-14,17H,2-12H2,1H3. The van der Waals surface area contributed by atoms with Gasteiger partial charge in [-0.25, -0.2) is 0 Å². The molecular weight excluding hydrogens is 236 g/mol. The van der Waals surface area contributed by atoms with Gasteiger partial charge in [0.05, 0.1) is 0 Å². The van der Waals surface area contributed by atoms with Crippen molar-refractivity contribution in [3.63, 3.8) is 0 Å². The van der Waals surface area contributed by atoms with E-state index in [4.69, 9.17) is 0 Å². The van der Waals surface area contributed by atoms with Gasteiger partial charge in [0.1, 0.15) is 0 Å². The lowest BCUT2D eigenvalue weighted by atomic mass is 9.88. The number of hydrogen-bond donors (Lipinski definition) is 1. The van der Waals surface area contributed by atoms with Gasteiger partial charge in [-0.15, -0.1) is 0 Å². The fourth-order valence-electron chi connectivity index (χ4n) is 4.29. The van der Waals surface area contributed by atoms with E-state index in [9.17, 15) is 4.79 Å². The van der Waals surface area contributed by atoms with Crippen LogP contribution in [0.2, 0.25) is 0 Å². The predicted octanol–water partition coefficient (Wildman–Crippen LogP) is 2.41. The van der Waals surface area contributed by atoms with Crippen LogP contribution in [0.5, 0.6) is 0 Å². The van der Waals surface area contributed by atoms with Crippen LogP contribution in [-0.4, -0.2) is 37.5 Å². The molecule has 3 nitrogen and oxygen atoms in total. The molecule has 3 rings (SSSR count). The number of carbonyl (C=O) groups is 1. The van der Waals surface area contributed by atoms with Gasteiger partial charge >= 0.3 is 0 Å². The first-order chi connectivity index (χ1) is 9.21. The highest BCUT2D eigenvalue weighted by atomic mass is 16.2. The van der Waals surface area contributed by atoms with Crippen LogP contribution in [0.25, 0.3) is 0 Å². The summed E-state index contributed by atoms with van der Waals surface area (Å²) in [5.41, 5.74) is 0.392. The van der Waals surface area contributed by atoms with Crippen molar-refractivity contribution in [2.24, 2.45) is 17.3 Å². The molecule has 1 saturated heterocycles. The summed E-state index contributed by atoms with van der Waals surface area (Å²) < 4.78 is 0. The highest BCUT2D eigenvalue weighted by Crippen LogP contribution is 2.59. The lowest BCUT2D eigenvalue weighted by Crippen LogP contribution is -2.37. The van der Waals surface area contributed by atoms with Crippen molar-refractivity contribution in [1.82, 2.24) is 10.2 Å². The normalized spacial score (nSPS) is 30.3. The minimum absolute atomic E-state index is 0.350. The maximum Gasteiger partial charge on any atom is 0.226 e. The van der Waals surface area contributed by atoms with E-state index in [0.717, 1.165) is 32.0 Å². The first kappa shape index (κ1) is 13.4. The van der Waals surface area contributed by atoms with Gasteiger partial charge in [0.25, 0.3) is 0 Å². The Morgan fingerprint density at radius 2 is 1.89 bits per heavy atom. The van der Waals surface area contributed by atoms with Crippen LogP contribution < -0.4 is 5.32 Å². The lowest BCUT2D eigenvalue weighted by molar-refractivity contribution is -0.133. The molecule has 1 N–H and O–H groups in total. The molecule has 1 unspecified atom stereocenters. The summed E-state index contributed by atoms with van der Waals surface area (Å²) in [7, 11) is 2.03. The van der Waals surface area contributed by atoms with Crippen LogP contribution in [0.15, 0.2) is 0 Å². The molecule has 2 saturated carbocycles. The fraction of sp³-hybridized carbons (Fsp3) is 0.938. The van der Waals surface area contributed by atoms with Gasteiger partial charge in [-0.05, 0) is 56.5 Å². The van der Waals surface area contributed by atoms with Gasteiger partial charge in [0.2, 0.25) is 5.91 Å². The van der Waals surface area contributed by atoms with Crippen molar-refractivity contribution < 1.29 is 4.79 Å². The minimum Gasteiger partial charge on any atom is -0.345 e. The third-order valence-corrected chi connectivity index (χ3v) is 5.72. The Morgan fingerprint density at radius 3 is 2.58 bits per heavy atom. The van der Waals surface area contributed by atoms with Crippen LogP contribution in [0.1, 0.15) is 51.4 Å². The van der Waals surface area contributed by atoms with Crippen molar-refractivity contribution in [2.75, 3.05) is 26.7 Å². The molecule has 1 aliphatic heterocycles. The van der Waals surface area contributed by atoms with Crippen LogP contribution in [0.4, 0.5) is 0 Å². The Kier molecular flexibility index (Phi) is 3.84. The fourth-order valence-corrected chi connectivity index (χ4v) is 4.29. The van der Waals surface area contributed by atoms with E-state index in [1.165, 1.54) is 44.9 Å². The van der Waals surface area contributed by atoms with Gasteiger partial charge in [-0.3, -0.25) is 4.79 Å². The van der Waals surface area contributed by atoms with Crippen LogP contribution in [0.3, 0.4) is 0 Å². The molecule has 2 aliphatic carbocycles. The van der Waals surface area contributed by atoms with E-state index >= 15 is 0 Å². The number of nitrogens with one attached hydrogen (secondary N) is 1. The minimum atomic E-state index is 0.350. The average molecular weight is 264 g/mol. The summed E-state index contributed by atoms with van der Waals surface area (Å²) in [6, 6.07) is 0. The highest BCUT2D eigenvalue weighted by Gasteiger charge is 2.58. The van der Waals surface area contributed by atoms with Crippen molar-refractivity contribution in [2.45, 2.75) is 51.4 Å². The number of carbonyl (C=O) groups excluding carboxylic acids is 1.